The first-order valence-electron chi connectivity index (χ1n) is 3.55. The van der Waals surface area contributed by atoms with E-state index in [1.165, 1.54) is 0 Å². The van der Waals surface area contributed by atoms with Crippen molar-refractivity contribution in [1.82, 2.24) is 20.6 Å². The predicted octanol–water partition coefficient (Wildman–Crippen LogP) is 0.873. The Hall–Kier alpha value is -1.06. The number of hydrogen-bond acceptors (Lipinski definition) is 4. The van der Waals surface area contributed by atoms with Gasteiger partial charge in [-0.3, -0.25) is 0 Å². The molecule has 4 heteroatoms. The van der Waals surface area contributed by atoms with Gasteiger partial charge in [0.25, 0.3) is 0 Å². The maximum absolute atomic E-state index is 3.93. The standard InChI is InChI=1S/C7H12N4/c1-5-6(7(2,3)4)9-11-10-8-5/h1-4H3. The van der Waals surface area contributed by atoms with Gasteiger partial charge in [-0.15, -0.1) is 10.2 Å². The molecule has 1 aromatic rings. The highest BCUT2D eigenvalue weighted by atomic mass is 15.4. The molecule has 0 aliphatic rings. The van der Waals surface area contributed by atoms with Gasteiger partial charge in [0, 0.05) is 5.41 Å². The molecule has 0 spiro atoms. The third-order valence-corrected chi connectivity index (χ3v) is 1.43. The molecule has 1 aromatic heterocycles. The Morgan fingerprint density at radius 3 is 1.91 bits per heavy atom. The normalized spacial score (nSPS) is 11.6. The van der Waals surface area contributed by atoms with E-state index in [4.69, 9.17) is 0 Å². The van der Waals surface area contributed by atoms with Gasteiger partial charge in [-0.1, -0.05) is 20.8 Å². The summed E-state index contributed by atoms with van der Waals surface area (Å²) in [5.74, 6) is 0. The largest absolute Gasteiger partial charge is 0.132 e. The summed E-state index contributed by atoms with van der Waals surface area (Å²) in [5.41, 5.74) is 1.77. The van der Waals surface area contributed by atoms with Crippen molar-refractivity contribution in [3.05, 3.63) is 11.4 Å². The van der Waals surface area contributed by atoms with Gasteiger partial charge in [-0.25, -0.2) is 0 Å². The van der Waals surface area contributed by atoms with Crippen molar-refractivity contribution in [3.8, 4) is 0 Å². The zero-order valence-corrected chi connectivity index (χ0v) is 7.29. The zero-order valence-electron chi connectivity index (χ0n) is 7.29. The molecular weight excluding hydrogens is 140 g/mol. The van der Waals surface area contributed by atoms with E-state index in [1.807, 2.05) is 6.92 Å². The lowest BCUT2D eigenvalue weighted by molar-refractivity contribution is 0.529. The number of hydrogen-bond donors (Lipinski definition) is 0. The monoisotopic (exact) mass is 152 g/mol. The highest BCUT2D eigenvalue weighted by Crippen LogP contribution is 2.20. The summed E-state index contributed by atoms with van der Waals surface area (Å²) in [6.45, 7) is 8.12. The molecule has 0 aliphatic carbocycles. The van der Waals surface area contributed by atoms with E-state index in [0.717, 1.165) is 11.4 Å². The molecule has 11 heavy (non-hydrogen) atoms. The lowest BCUT2D eigenvalue weighted by Gasteiger charge is -2.16. The highest BCUT2D eigenvalue weighted by Gasteiger charge is 2.19. The summed E-state index contributed by atoms with van der Waals surface area (Å²) in [4.78, 5) is 0. The van der Waals surface area contributed by atoms with Crippen molar-refractivity contribution >= 4 is 0 Å². The van der Waals surface area contributed by atoms with Crippen LogP contribution in [0, 0.1) is 6.92 Å². The molecule has 1 rings (SSSR count). The van der Waals surface area contributed by atoms with Crippen molar-refractivity contribution < 1.29 is 0 Å². The highest BCUT2D eigenvalue weighted by molar-refractivity contribution is 5.14. The third-order valence-electron chi connectivity index (χ3n) is 1.43. The Labute approximate surface area is 66.0 Å². The van der Waals surface area contributed by atoms with Crippen molar-refractivity contribution in [2.75, 3.05) is 0 Å². The second kappa shape index (κ2) is 2.53. The Bertz CT molecular complexity index is 251. The Morgan fingerprint density at radius 1 is 1.00 bits per heavy atom. The van der Waals surface area contributed by atoms with E-state index in [9.17, 15) is 0 Å². The maximum atomic E-state index is 3.93. The minimum absolute atomic E-state index is 0.00697. The van der Waals surface area contributed by atoms with E-state index in [0.29, 0.717) is 0 Å². The van der Waals surface area contributed by atoms with E-state index in [2.05, 4.69) is 41.4 Å². The second-order valence-corrected chi connectivity index (χ2v) is 3.56. The Balaban J connectivity index is 3.14. The van der Waals surface area contributed by atoms with Gasteiger partial charge in [-0.05, 0) is 17.4 Å². The van der Waals surface area contributed by atoms with Gasteiger partial charge in [0.15, 0.2) is 0 Å². The quantitative estimate of drug-likeness (QED) is 0.553. The van der Waals surface area contributed by atoms with Crippen LogP contribution < -0.4 is 0 Å². The van der Waals surface area contributed by atoms with Crippen molar-refractivity contribution in [1.29, 1.82) is 0 Å². The number of aromatic nitrogens is 4. The fourth-order valence-corrected chi connectivity index (χ4v) is 0.964. The molecule has 60 valence electrons. The van der Waals surface area contributed by atoms with Crippen LogP contribution in [0.25, 0.3) is 0 Å². The molecule has 0 amide bonds. The summed E-state index contributed by atoms with van der Waals surface area (Å²) in [5, 5.41) is 14.7. The Kier molecular flexibility index (Phi) is 1.85. The van der Waals surface area contributed by atoms with Gasteiger partial charge in [-0.2, -0.15) is 0 Å². The fraction of sp³-hybridized carbons (Fsp3) is 0.714. The van der Waals surface area contributed by atoms with Crippen LogP contribution in [-0.2, 0) is 5.41 Å². The summed E-state index contributed by atoms with van der Waals surface area (Å²) >= 11 is 0. The van der Waals surface area contributed by atoms with E-state index >= 15 is 0 Å². The van der Waals surface area contributed by atoms with Crippen LogP contribution >= 0.6 is 0 Å². The molecule has 1 heterocycles. The lowest BCUT2D eigenvalue weighted by Crippen LogP contribution is -2.18. The summed E-state index contributed by atoms with van der Waals surface area (Å²) < 4.78 is 0. The number of rotatable bonds is 0. The van der Waals surface area contributed by atoms with E-state index in [-0.39, 0.29) is 5.41 Å². The average Bonchev–Trinajstić information content (AvgIpc) is 1.86. The van der Waals surface area contributed by atoms with Crippen molar-refractivity contribution in [2.24, 2.45) is 0 Å². The smallest absolute Gasteiger partial charge is 0.0933 e. The fourth-order valence-electron chi connectivity index (χ4n) is 0.964. The maximum Gasteiger partial charge on any atom is 0.0933 e. The summed E-state index contributed by atoms with van der Waals surface area (Å²) in [7, 11) is 0. The van der Waals surface area contributed by atoms with Crippen LogP contribution in [0.15, 0.2) is 0 Å². The molecule has 0 unspecified atom stereocenters. The van der Waals surface area contributed by atoms with Gasteiger partial charge in [0.2, 0.25) is 0 Å². The molecule has 0 aromatic carbocycles. The summed E-state index contributed by atoms with van der Waals surface area (Å²) in [6, 6.07) is 0. The van der Waals surface area contributed by atoms with E-state index in [1.54, 1.807) is 0 Å². The van der Waals surface area contributed by atoms with E-state index < -0.39 is 0 Å². The molecule has 0 saturated heterocycles. The van der Waals surface area contributed by atoms with Gasteiger partial charge in [0.1, 0.15) is 0 Å². The minimum atomic E-state index is 0.00697. The molecule has 0 radical (unpaired) electrons. The van der Waals surface area contributed by atoms with Crippen LogP contribution in [0.5, 0.6) is 0 Å². The predicted molar refractivity (Wildman–Crippen MR) is 41.1 cm³/mol. The lowest BCUT2D eigenvalue weighted by atomic mass is 9.91. The molecule has 4 nitrogen and oxygen atoms in total. The number of nitrogens with zero attached hydrogens (tertiary/aromatic N) is 4. The average molecular weight is 152 g/mol. The van der Waals surface area contributed by atoms with Crippen molar-refractivity contribution in [3.63, 3.8) is 0 Å². The van der Waals surface area contributed by atoms with Crippen LogP contribution in [-0.4, -0.2) is 20.6 Å². The van der Waals surface area contributed by atoms with Gasteiger partial charge < -0.3 is 0 Å². The van der Waals surface area contributed by atoms with Crippen LogP contribution in [0.1, 0.15) is 32.2 Å². The molecule has 0 atom stereocenters. The van der Waals surface area contributed by atoms with Gasteiger partial charge in [0.05, 0.1) is 11.4 Å². The number of aryl methyl sites for hydroxylation is 1. The first-order chi connectivity index (χ1) is 5.02. The third kappa shape index (κ3) is 1.69. The zero-order chi connectivity index (χ0) is 8.48. The second-order valence-electron chi connectivity index (χ2n) is 3.56. The first kappa shape index (κ1) is 8.04. The van der Waals surface area contributed by atoms with Crippen LogP contribution in [0.4, 0.5) is 0 Å². The van der Waals surface area contributed by atoms with Crippen LogP contribution in [0.2, 0.25) is 0 Å². The molecule has 0 N–H and O–H groups in total. The minimum Gasteiger partial charge on any atom is -0.132 e. The molecular formula is C7H12N4. The summed E-state index contributed by atoms with van der Waals surface area (Å²) in [6.07, 6.45) is 0. The molecule has 0 saturated carbocycles. The Morgan fingerprint density at radius 2 is 1.55 bits per heavy atom. The van der Waals surface area contributed by atoms with Crippen molar-refractivity contribution in [2.45, 2.75) is 33.1 Å². The molecule has 0 fully saturated rings. The molecule has 0 bridgehead atoms. The topological polar surface area (TPSA) is 51.6 Å². The van der Waals surface area contributed by atoms with Gasteiger partial charge >= 0.3 is 0 Å². The SMILES string of the molecule is Cc1nnnnc1C(C)(C)C. The molecule has 0 aliphatic heterocycles. The van der Waals surface area contributed by atoms with Crippen LogP contribution in [0.3, 0.4) is 0 Å². The first-order valence-corrected chi connectivity index (χ1v) is 3.55.